The van der Waals surface area contributed by atoms with Gasteiger partial charge in [-0.3, -0.25) is 9.69 Å². The highest BCUT2D eigenvalue weighted by Crippen LogP contribution is 2.25. The molecule has 1 aromatic carbocycles. The second-order valence-corrected chi connectivity index (χ2v) is 6.50. The van der Waals surface area contributed by atoms with Crippen LogP contribution in [0, 0.1) is 0 Å². The van der Waals surface area contributed by atoms with E-state index in [0.717, 1.165) is 37.8 Å². The molecule has 1 amide bonds. The van der Waals surface area contributed by atoms with E-state index in [-0.39, 0.29) is 36.6 Å². The number of piperazine rings is 1. The zero-order valence-electron chi connectivity index (χ0n) is 14.1. The van der Waals surface area contributed by atoms with Gasteiger partial charge >= 0.3 is 0 Å². The van der Waals surface area contributed by atoms with Crippen molar-refractivity contribution in [1.82, 2.24) is 9.80 Å². The fourth-order valence-electron chi connectivity index (χ4n) is 3.86. The van der Waals surface area contributed by atoms with E-state index < -0.39 is 0 Å². The van der Waals surface area contributed by atoms with Gasteiger partial charge in [0, 0.05) is 38.8 Å². The molecule has 2 aliphatic rings. The highest BCUT2D eigenvalue weighted by Gasteiger charge is 2.30. The summed E-state index contributed by atoms with van der Waals surface area (Å²) >= 11 is 0. The second-order valence-electron chi connectivity index (χ2n) is 6.50. The molecular weight excluding hydrogens is 345 g/mol. The lowest BCUT2D eigenvalue weighted by Crippen LogP contribution is -2.52. The Morgan fingerprint density at radius 3 is 2.17 bits per heavy atom. The maximum Gasteiger partial charge on any atom is 0.231 e. The van der Waals surface area contributed by atoms with Gasteiger partial charge in [-0.1, -0.05) is 43.2 Å². The number of nitrogens with two attached hydrogens (primary N) is 1. The molecule has 1 aromatic rings. The Kier molecular flexibility index (Phi) is 9.06. The van der Waals surface area contributed by atoms with Gasteiger partial charge in [0.25, 0.3) is 0 Å². The van der Waals surface area contributed by atoms with Crippen molar-refractivity contribution in [2.75, 3.05) is 32.7 Å². The second kappa shape index (κ2) is 10.2. The van der Waals surface area contributed by atoms with Crippen molar-refractivity contribution in [1.29, 1.82) is 0 Å². The van der Waals surface area contributed by atoms with Crippen LogP contribution in [0.5, 0.6) is 0 Å². The first-order valence-electron chi connectivity index (χ1n) is 8.57. The number of rotatable bonds is 4. The number of hydrogen-bond acceptors (Lipinski definition) is 3. The normalized spacial score (nSPS) is 20.1. The lowest BCUT2D eigenvalue weighted by molar-refractivity contribution is -0.134. The summed E-state index contributed by atoms with van der Waals surface area (Å²) in [7, 11) is 0. The van der Waals surface area contributed by atoms with Gasteiger partial charge < -0.3 is 10.6 Å². The van der Waals surface area contributed by atoms with E-state index in [2.05, 4.69) is 4.90 Å². The van der Waals surface area contributed by atoms with Crippen LogP contribution in [-0.2, 0) is 4.79 Å². The average molecular weight is 374 g/mol. The number of halogens is 2. The Hall–Kier alpha value is -0.810. The summed E-state index contributed by atoms with van der Waals surface area (Å²) in [5.74, 6) is -0.000924. The van der Waals surface area contributed by atoms with Gasteiger partial charge in [-0.25, -0.2) is 0 Å². The van der Waals surface area contributed by atoms with Crippen LogP contribution >= 0.6 is 24.8 Å². The Morgan fingerprint density at radius 1 is 1.04 bits per heavy atom. The van der Waals surface area contributed by atoms with E-state index in [1.54, 1.807) is 0 Å². The lowest BCUT2D eigenvalue weighted by atomic mass is 9.97. The highest BCUT2D eigenvalue weighted by molar-refractivity contribution is 5.85. The standard InChI is InChI=1S/C18H27N3O.2ClH/c19-14-17(15-6-2-1-3-7-15)18(22)21-12-10-20(11-13-21)16-8-4-5-9-16;;/h1-3,6-7,16-17H,4-5,8-14,19H2;2*1H. The van der Waals surface area contributed by atoms with Crippen LogP contribution in [0.25, 0.3) is 0 Å². The van der Waals surface area contributed by atoms with E-state index in [1.807, 2.05) is 35.2 Å². The van der Waals surface area contributed by atoms with Crippen molar-refractivity contribution < 1.29 is 4.79 Å². The fourth-order valence-corrected chi connectivity index (χ4v) is 3.86. The SMILES string of the molecule is Cl.Cl.NCC(C(=O)N1CCN(C2CCCC2)CC1)c1ccccc1. The third kappa shape index (κ3) is 4.85. The quantitative estimate of drug-likeness (QED) is 0.882. The van der Waals surface area contributed by atoms with Crippen LogP contribution in [0.3, 0.4) is 0 Å². The summed E-state index contributed by atoms with van der Waals surface area (Å²) in [5.41, 5.74) is 6.92. The molecule has 1 atom stereocenters. The molecule has 1 saturated heterocycles. The molecule has 1 aliphatic carbocycles. The monoisotopic (exact) mass is 373 g/mol. The minimum absolute atomic E-state index is 0. The molecule has 0 bridgehead atoms. The molecule has 4 nitrogen and oxygen atoms in total. The van der Waals surface area contributed by atoms with Gasteiger partial charge in [0.05, 0.1) is 5.92 Å². The van der Waals surface area contributed by atoms with Gasteiger partial charge in [-0.15, -0.1) is 24.8 Å². The molecule has 0 spiro atoms. The smallest absolute Gasteiger partial charge is 0.231 e. The Bertz CT molecular complexity index is 486. The minimum atomic E-state index is -0.195. The largest absolute Gasteiger partial charge is 0.340 e. The molecular formula is C18H29Cl2N3O. The van der Waals surface area contributed by atoms with Crippen LogP contribution in [0.4, 0.5) is 0 Å². The van der Waals surface area contributed by atoms with Crippen molar-refractivity contribution in [2.45, 2.75) is 37.6 Å². The molecule has 136 valence electrons. The number of carbonyl (C=O) groups excluding carboxylic acids is 1. The summed E-state index contributed by atoms with van der Waals surface area (Å²) in [6, 6.07) is 10.7. The number of amides is 1. The van der Waals surface area contributed by atoms with Crippen molar-refractivity contribution in [3.63, 3.8) is 0 Å². The third-order valence-electron chi connectivity index (χ3n) is 5.20. The molecule has 1 saturated carbocycles. The third-order valence-corrected chi connectivity index (χ3v) is 5.20. The Labute approximate surface area is 157 Å². The van der Waals surface area contributed by atoms with Crippen molar-refractivity contribution in [3.8, 4) is 0 Å². The van der Waals surface area contributed by atoms with Gasteiger partial charge in [-0.2, -0.15) is 0 Å². The minimum Gasteiger partial charge on any atom is -0.340 e. The van der Waals surface area contributed by atoms with E-state index in [1.165, 1.54) is 25.7 Å². The molecule has 24 heavy (non-hydrogen) atoms. The maximum absolute atomic E-state index is 12.8. The molecule has 2 fully saturated rings. The zero-order chi connectivity index (χ0) is 15.4. The van der Waals surface area contributed by atoms with Gasteiger partial charge in [0.15, 0.2) is 0 Å². The zero-order valence-corrected chi connectivity index (χ0v) is 15.7. The predicted octanol–water partition coefficient (Wildman–Crippen LogP) is 2.66. The molecule has 1 aliphatic heterocycles. The van der Waals surface area contributed by atoms with Crippen LogP contribution in [0.1, 0.15) is 37.2 Å². The fraction of sp³-hybridized carbons (Fsp3) is 0.611. The first-order chi connectivity index (χ1) is 10.8. The van der Waals surface area contributed by atoms with Crippen LogP contribution in [0.15, 0.2) is 30.3 Å². The molecule has 6 heteroatoms. The Balaban J connectivity index is 0.00000144. The van der Waals surface area contributed by atoms with Crippen molar-refractivity contribution in [2.24, 2.45) is 5.73 Å². The summed E-state index contributed by atoms with van der Waals surface area (Å²) in [5, 5.41) is 0. The van der Waals surface area contributed by atoms with Crippen molar-refractivity contribution in [3.05, 3.63) is 35.9 Å². The van der Waals surface area contributed by atoms with E-state index in [4.69, 9.17) is 5.73 Å². The topological polar surface area (TPSA) is 49.6 Å². The Morgan fingerprint density at radius 2 is 1.62 bits per heavy atom. The van der Waals surface area contributed by atoms with Crippen LogP contribution in [0.2, 0.25) is 0 Å². The molecule has 0 radical (unpaired) electrons. The first-order valence-corrected chi connectivity index (χ1v) is 8.57. The highest BCUT2D eigenvalue weighted by atomic mass is 35.5. The molecule has 1 heterocycles. The summed E-state index contributed by atoms with van der Waals surface area (Å²) in [4.78, 5) is 17.4. The summed E-state index contributed by atoms with van der Waals surface area (Å²) in [6.45, 7) is 4.11. The van der Waals surface area contributed by atoms with Crippen molar-refractivity contribution >= 4 is 30.7 Å². The van der Waals surface area contributed by atoms with Crippen LogP contribution < -0.4 is 5.73 Å². The number of hydrogen-bond donors (Lipinski definition) is 1. The average Bonchev–Trinajstić information content (AvgIpc) is 3.11. The molecule has 2 N–H and O–H groups in total. The maximum atomic E-state index is 12.8. The van der Waals surface area contributed by atoms with Gasteiger partial charge in [0.2, 0.25) is 5.91 Å². The summed E-state index contributed by atoms with van der Waals surface area (Å²) < 4.78 is 0. The van der Waals surface area contributed by atoms with E-state index in [0.29, 0.717) is 6.54 Å². The lowest BCUT2D eigenvalue weighted by Gasteiger charge is -2.39. The number of benzene rings is 1. The number of carbonyl (C=O) groups is 1. The molecule has 3 rings (SSSR count). The molecule has 0 aromatic heterocycles. The van der Waals surface area contributed by atoms with Gasteiger partial charge in [-0.05, 0) is 18.4 Å². The first kappa shape index (κ1) is 21.2. The predicted molar refractivity (Wildman–Crippen MR) is 103 cm³/mol. The van der Waals surface area contributed by atoms with Gasteiger partial charge in [0.1, 0.15) is 0 Å². The van der Waals surface area contributed by atoms with Crippen LogP contribution in [-0.4, -0.2) is 54.5 Å². The van der Waals surface area contributed by atoms with E-state index >= 15 is 0 Å². The summed E-state index contributed by atoms with van der Waals surface area (Å²) in [6.07, 6.45) is 5.41. The van der Waals surface area contributed by atoms with E-state index in [9.17, 15) is 4.79 Å². The molecule has 1 unspecified atom stereocenters. The number of nitrogens with zero attached hydrogens (tertiary/aromatic N) is 2.